The van der Waals surface area contributed by atoms with E-state index in [0.717, 1.165) is 22.4 Å². The number of aromatic amines is 1. The molecule has 0 saturated carbocycles. The maximum absolute atomic E-state index is 9.25. The van der Waals surface area contributed by atoms with Gasteiger partial charge in [-0.1, -0.05) is 6.07 Å². The molecule has 0 spiro atoms. The van der Waals surface area contributed by atoms with E-state index >= 15 is 0 Å². The number of hydrogen-bond donors (Lipinski definition) is 2. The highest BCUT2D eigenvalue weighted by molar-refractivity contribution is 5.80. The number of rotatable bonds is 1. The van der Waals surface area contributed by atoms with Gasteiger partial charge in [0.05, 0.1) is 11.0 Å². The molecule has 1 heterocycles. The third-order valence-electron chi connectivity index (χ3n) is 2.78. The minimum Gasteiger partial charge on any atom is -0.508 e. The van der Waals surface area contributed by atoms with Crippen LogP contribution in [0.2, 0.25) is 0 Å². The highest BCUT2D eigenvalue weighted by Crippen LogP contribution is 2.22. The van der Waals surface area contributed by atoms with Gasteiger partial charge < -0.3 is 10.1 Å². The van der Waals surface area contributed by atoms with Gasteiger partial charge in [0.1, 0.15) is 11.6 Å². The molecule has 1 aromatic heterocycles. The SMILES string of the molecule is Cc1ccc2[nH]c(-c3ccc(O)cc3)nc2c1. The summed E-state index contributed by atoms with van der Waals surface area (Å²) in [7, 11) is 0. The molecule has 3 heteroatoms. The van der Waals surface area contributed by atoms with Crippen LogP contribution in [-0.4, -0.2) is 15.1 Å². The highest BCUT2D eigenvalue weighted by atomic mass is 16.3. The second-order valence-corrected chi connectivity index (χ2v) is 4.15. The first-order valence-electron chi connectivity index (χ1n) is 5.48. The quantitative estimate of drug-likeness (QED) is 0.666. The second kappa shape index (κ2) is 3.63. The topological polar surface area (TPSA) is 48.9 Å². The lowest BCUT2D eigenvalue weighted by Gasteiger charge is -1.95. The van der Waals surface area contributed by atoms with Gasteiger partial charge in [0, 0.05) is 5.56 Å². The molecule has 0 saturated heterocycles. The van der Waals surface area contributed by atoms with Crippen molar-refractivity contribution < 1.29 is 5.11 Å². The van der Waals surface area contributed by atoms with E-state index in [1.165, 1.54) is 5.56 Å². The van der Waals surface area contributed by atoms with Gasteiger partial charge in [-0.2, -0.15) is 0 Å². The number of aryl methyl sites for hydroxylation is 1. The minimum absolute atomic E-state index is 0.265. The molecule has 0 aliphatic rings. The Kier molecular flexibility index (Phi) is 2.11. The van der Waals surface area contributed by atoms with Gasteiger partial charge in [-0.15, -0.1) is 0 Å². The smallest absolute Gasteiger partial charge is 0.138 e. The predicted molar refractivity (Wildman–Crippen MR) is 67.9 cm³/mol. The van der Waals surface area contributed by atoms with Gasteiger partial charge in [-0.05, 0) is 48.9 Å². The van der Waals surface area contributed by atoms with Gasteiger partial charge >= 0.3 is 0 Å². The molecule has 3 aromatic rings. The fourth-order valence-electron chi connectivity index (χ4n) is 1.87. The van der Waals surface area contributed by atoms with Crippen LogP contribution in [0.4, 0.5) is 0 Å². The molecule has 2 aromatic carbocycles. The van der Waals surface area contributed by atoms with E-state index in [1.54, 1.807) is 12.1 Å². The van der Waals surface area contributed by atoms with Crippen LogP contribution < -0.4 is 0 Å². The third kappa shape index (κ3) is 1.76. The number of phenols is 1. The van der Waals surface area contributed by atoms with Crippen LogP contribution in [0.5, 0.6) is 5.75 Å². The lowest BCUT2D eigenvalue weighted by atomic mass is 10.2. The average molecular weight is 224 g/mol. The zero-order valence-electron chi connectivity index (χ0n) is 9.44. The Morgan fingerprint density at radius 3 is 2.59 bits per heavy atom. The van der Waals surface area contributed by atoms with Crippen LogP contribution >= 0.6 is 0 Å². The van der Waals surface area contributed by atoms with E-state index in [1.807, 2.05) is 25.1 Å². The largest absolute Gasteiger partial charge is 0.508 e. The number of fused-ring (bicyclic) bond motifs is 1. The minimum atomic E-state index is 0.265. The molecule has 0 aliphatic carbocycles. The van der Waals surface area contributed by atoms with E-state index in [9.17, 15) is 5.11 Å². The Labute approximate surface area is 98.8 Å². The summed E-state index contributed by atoms with van der Waals surface area (Å²) in [4.78, 5) is 7.80. The Bertz CT molecular complexity index is 668. The molecular weight excluding hydrogens is 212 g/mol. The fourth-order valence-corrected chi connectivity index (χ4v) is 1.87. The number of imidazole rings is 1. The maximum atomic E-state index is 9.25. The first kappa shape index (κ1) is 9.90. The fraction of sp³-hybridized carbons (Fsp3) is 0.0714. The van der Waals surface area contributed by atoms with Gasteiger partial charge in [-0.3, -0.25) is 0 Å². The molecule has 2 N–H and O–H groups in total. The Balaban J connectivity index is 2.14. The normalized spacial score (nSPS) is 10.9. The van der Waals surface area contributed by atoms with Crippen molar-refractivity contribution in [3.8, 4) is 17.1 Å². The summed E-state index contributed by atoms with van der Waals surface area (Å²) in [6, 6.07) is 13.2. The molecule has 84 valence electrons. The summed E-state index contributed by atoms with van der Waals surface area (Å²) < 4.78 is 0. The number of aromatic nitrogens is 2. The number of phenolic OH excluding ortho intramolecular Hbond substituents is 1. The molecule has 0 fully saturated rings. The van der Waals surface area contributed by atoms with Crippen LogP contribution in [-0.2, 0) is 0 Å². The van der Waals surface area contributed by atoms with Crippen LogP contribution in [0.15, 0.2) is 42.5 Å². The molecule has 3 nitrogen and oxygen atoms in total. The number of nitrogens with one attached hydrogen (secondary N) is 1. The zero-order chi connectivity index (χ0) is 11.8. The van der Waals surface area contributed by atoms with Crippen molar-refractivity contribution in [3.63, 3.8) is 0 Å². The third-order valence-corrected chi connectivity index (χ3v) is 2.78. The number of aromatic hydroxyl groups is 1. The molecule has 0 atom stereocenters. The summed E-state index contributed by atoms with van der Waals surface area (Å²) >= 11 is 0. The van der Waals surface area contributed by atoms with E-state index in [2.05, 4.69) is 22.1 Å². The van der Waals surface area contributed by atoms with Crippen molar-refractivity contribution in [2.75, 3.05) is 0 Å². The van der Waals surface area contributed by atoms with Gasteiger partial charge in [0.25, 0.3) is 0 Å². The van der Waals surface area contributed by atoms with Crippen molar-refractivity contribution in [3.05, 3.63) is 48.0 Å². The summed E-state index contributed by atoms with van der Waals surface area (Å²) in [5.41, 5.74) is 4.16. The monoisotopic (exact) mass is 224 g/mol. The van der Waals surface area contributed by atoms with Gasteiger partial charge in [0.15, 0.2) is 0 Å². The van der Waals surface area contributed by atoms with Crippen LogP contribution in [0.3, 0.4) is 0 Å². The molecule has 0 amide bonds. The lowest BCUT2D eigenvalue weighted by molar-refractivity contribution is 0.475. The molecule has 3 rings (SSSR count). The highest BCUT2D eigenvalue weighted by Gasteiger charge is 2.04. The second-order valence-electron chi connectivity index (χ2n) is 4.15. The summed E-state index contributed by atoms with van der Waals surface area (Å²) in [5.74, 6) is 1.09. The van der Waals surface area contributed by atoms with Crippen LogP contribution in [0.1, 0.15) is 5.56 Å². The van der Waals surface area contributed by atoms with Crippen molar-refractivity contribution in [2.24, 2.45) is 0 Å². The van der Waals surface area contributed by atoms with E-state index in [-0.39, 0.29) is 5.75 Å². The van der Waals surface area contributed by atoms with Gasteiger partial charge in [0.2, 0.25) is 0 Å². The van der Waals surface area contributed by atoms with Crippen molar-refractivity contribution in [1.82, 2.24) is 9.97 Å². The van der Waals surface area contributed by atoms with Crippen LogP contribution in [0.25, 0.3) is 22.4 Å². The Morgan fingerprint density at radius 2 is 1.82 bits per heavy atom. The molecule has 0 bridgehead atoms. The first-order valence-corrected chi connectivity index (χ1v) is 5.48. The molecule has 0 aliphatic heterocycles. The summed E-state index contributed by atoms with van der Waals surface area (Å²) in [6.45, 7) is 2.05. The van der Waals surface area contributed by atoms with E-state index < -0.39 is 0 Å². The van der Waals surface area contributed by atoms with Crippen LogP contribution in [0, 0.1) is 6.92 Å². The number of benzene rings is 2. The number of nitrogens with zero attached hydrogens (tertiary/aromatic N) is 1. The molecule has 17 heavy (non-hydrogen) atoms. The maximum Gasteiger partial charge on any atom is 0.138 e. The summed E-state index contributed by atoms with van der Waals surface area (Å²) in [5, 5.41) is 9.25. The lowest BCUT2D eigenvalue weighted by Crippen LogP contribution is -1.78. The van der Waals surface area contributed by atoms with Crippen molar-refractivity contribution >= 4 is 11.0 Å². The number of H-pyrrole nitrogens is 1. The Morgan fingerprint density at radius 1 is 1.06 bits per heavy atom. The molecular formula is C14H12N2O. The number of hydrogen-bond acceptors (Lipinski definition) is 2. The van der Waals surface area contributed by atoms with Gasteiger partial charge in [-0.25, -0.2) is 4.98 Å². The van der Waals surface area contributed by atoms with Crippen molar-refractivity contribution in [2.45, 2.75) is 6.92 Å². The average Bonchev–Trinajstić information content (AvgIpc) is 2.72. The summed E-state index contributed by atoms with van der Waals surface area (Å²) in [6.07, 6.45) is 0. The standard InChI is InChI=1S/C14H12N2O/c1-9-2-7-12-13(8-9)16-14(15-12)10-3-5-11(17)6-4-10/h2-8,17H,1H3,(H,15,16). The van der Waals surface area contributed by atoms with Crippen molar-refractivity contribution in [1.29, 1.82) is 0 Å². The van der Waals surface area contributed by atoms with E-state index in [4.69, 9.17) is 0 Å². The zero-order valence-corrected chi connectivity index (χ0v) is 9.44. The molecule has 0 radical (unpaired) electrons. The Hall–Kier alpha value is -2.29. The first-order chi connectivity index (χ1) is 8.22. The predicted octanol–water partition coefficient (Wildman–Crippen LogP) is 3.24. The molecule has 0 unspecified atom stereocenters. The van der Waals surface area contributed by atoms with E-state index in [0.29, 0.717) is 0 Å².